The smallest absolute Gasteiger partial charge is 0.329 e. The fourth-order valence-corrected chi connectivity index (χ4v) is 3.76. The maximum atomic E-state index is 12.9. The number of halogens is 2. The van der Waals surface area contributed by atoms with E-state index in [4.69, 9.17) is 5.73 Å². The van der Waals surface area contributed by atoms with Crippen LogP contribution in [0.1, 0.15) is 17.4 Å². The Morgan fingerprint density at radius 2 is 2.00 bits per heavy atom. The zero-order valence-corrected chi connectivity index (χ0v) is 13.9. The van der Waals surface area contributed by atoms with Crippen molar-refractivity contribution in [3.05, 3.63) is 31.3 Å². The normalized spacial score (nSPS) is 11.7. The van der Waals surface area contributed by atoms with Crippen LogP contribution in [0.2, 0.25) is 0 Å². The maximum Gasteiger partial charge on any atom is 0.332 e. The van der Waals surface area contributed by atoms with Gasteiger partial charge in [0.25, 0.3) is 12.0 Å². The van der Waals surface area contributed by atoms with Gasteiger partial charge < -0.3 is 11.1 Å². The predicted octanol–water partition coefficient (Wildman–Crippen LogP) is 0.866. The lowest BCUT2D eigenvalue weighted by Crippen LogP contribution is -2.40. The summed E-state index contributed by atoms with van der Waals surface area (Å²) in [6, 6.07) is 0. The number of fused-ring (bicyclic) bond motifs is 1. The van der Waals surface area contributed by atoms with Gasteiger partial charge in [-0.2, -0.15) is 0 Å². The summed E-state index contributed by atoms with van der Waals surface area (Å²) in [5, 5.41) is 3.47. The fraction of sp³-hybridized carbons (Fsp3) is 0.571. The van der Waals surface area contributed by atoms with Crippen molar-refractivity contribution in [1.29, 1.82) is 0 Å². The first-order valence-corrected chi connectivity index (χ1v) is 8.18. The van der Waals surface area contributed by atoms with Crippen molar-refractivity contribution in [2.24, 2.45) is 5.73 Å². The van der Waals surface area contributed by atoms with Gasteiger partial charge >= 0.3 is 5.69 Å². The monoisotopic (exact) mass is 346 g/mol. The molecule has 3 N–H and O–H groups in total. The summed E-state index contributed by atoms with van der Waals surface area (Å²) < 4.78 is 27.7. The molecule has 0 aromatic carbocycles. The van der Waals surface area contributed by atoms with E-state index in [2.05, 4.69) is 5.32 Å². The van der Waals surface area contributed by atoms with Gasteiger partial charge in [-0.3, -0.25) is 13.9 Å². The minimum Gasteiger partial charge on any atom is -0.329 e. The minimum atomic E-state index is -2.67. The first-order valence-electron chi connectivity index (χ1n) is 7.36. The molecule has 0 bridgehead atoms. The molecule has 2 heterocycles. The van der Waals surface area contributed by atoms with Crippen LogP contribution < -0.4 is 22.3 Å². The highest BCUT2D eigenvalue weighted by molar-refractivity contribution is 7.18. The molecule has 0 aliphatic rings. The summed E-state index contributed by atoms with van der Waals surface area (Å²) in [5.74, 6) is 0. The third-order valence-corrected chi connectivity index (χ3v) is 4.95. The topological polar surface area (TPSA) is 82.0 Å². The summed E-state index contributed by atoms with van der Waals surface area (Å²) in [5.41, 5.74) is 5.05. The number of aryl methyl sites for hydroxylation is 1. The fourth-order valence-electron chi connectivity index (χ4n) is 2.49. The second-order valence-electron chi connectivity index (χ2n) is 5.13. The molecule has 0 aliphatic heterocycles. The van der Waals surface area contributed by atoms with E-state index in [-0.39, 0.29) is 6.54 Å². The average molecular weight is 346 g/mol. The molecule has 0 saturated heterocycles. The van der Waals surface area contributed by atoms with Gasteiger partial charge in [0.15, 0.2) is 0 Å². The average Bonchev–Trinajstić information content (AvgIpc) is 2.81. The van der Waals surface area contributed by atoms with Crippen LogP contribution in [0.4, 0.5) is 8.78 Å². The van der Waals surface area contributed by atoms with E-state index in [0.29, 0.717) is 29.9 Å². The highest BCUT2D eigenvalue weighted by Crippen LogP contribution is 2.28. The van der Waals surface area contributed by atoms with Crippen LogP contribution in [0.5, 0.6) is 0 Å². The first kappa shape index (κ1) is 17.8. The number of nitrogens with two attached hydrogens (primary N) is 1. The van der Waals surface area contributed by atoms with Gasteiger partial charge in [0.1, 0.15) is 4.83 Å². The Labute approximate surface area is 135 Å². The van der Waals surface area contributed by atoms with E-state index >= 15 is 0 Å². The second kappa shape index (κ2) is 7.33. The number of thiophene rings is 1. The molecule has 23 heavy (non-hydrogen) atoms. The van der Waals surface area contributed by atoms with Crippen LogP contribution in [0.3, 0.4) is 0 Å². The van der Waals surface area contributed by atoms with Gasteiger partial charge in [-0.05, 0) is 19.4 Å². The summed E-state index contributed by atoms with van der Waals surface area (Å²) in [6.45, 7) is 4.41. The predicted molar refractivity (Wildman–Crippen MR) is 87.5 cm³/mol. The zero-order chi connectivity index (χ0) is 17.1. The van der Waals surface area contributed by atoms with E-state index in [1.54, 1.807) is 13.8 Å². The molecule has 0 fully saturated rings. The van der Waals surface area contributed by atoms with Gasteiger partial charge in [0, 0.05) is 31.1 Å². The zero-order valence-electron chi connectivity index (χ0n) is 13.1. The first-order chi connectivity index (χ1) is 10.9. The van der Waals surface area contributed by atoms with E-state index in [1.165, 1.54) is 11.3 Å². The molecule has 0 amide bonds. The number of rotatable bonds is 7. The lowest BCUT2D eigenvalue weighted by atomic mass is 10.2. The summed E-state index contributed by atoms with van der Waals surface area (Å²) in [6.07, 6.45) is -2.67. The van der Waals surface area contributed by atoms with Crippen LogP contribution in [-0.4, -0.2) is 28.6 Å². The third-order valence-electron chi connectivity index (χ3n) is 3.64. The highest BCUT2D eigenvalue weighted by Gasteiger charge is 2.20. The van der Waals surface area contributed by atoms with E-state index in [0.717, 1.165) is 19.6 Å². The van der Waals surface area contributed by atoms with E-state index < -0.39 is 24.2 Å². The molecule has 0 saturated carbocycles. The molecular formula is C14H20F2N4O2S. The van der Waals surface area contributed by atoms with Crippen LogP contribution in [0, 0.1) is 6.92 Å². The molecule has 0 atom stereocenters. The van der Waals surface area contributed by atoms with Crippen molar-refractivity contribution in [2.75, 3.05) is 13.1 Å². The Morgan fingerprint density at radius 1 is 1.30 bits per heavy atom. The van der Waals surface area contributed by atoms with Crippen molar-refractivity contribution >= 4 is 21.6 Å². The number of hydrogen-bond donors (Lipinski definition) is 2. The minimum absolute atomic E-state index is 0.146. The molecule has 0 spiro atoms. The lowest BCUT2D eigenvalue weighted by molar-refractivity contribution is 0.126. The van der Waals surface area contributed by atoms with Gasteiger partial charge in [0.05, 0.1) is 11.9 Å². The Morgan fingerprint density at radius 3 is 2.57 bits per heavy atom. The lowest BCUT2D eigenvalue weighted by Gasteiger charge is -2.10. The Hall–Kier alpha value is -1.58. The summed E-state index contributed by atoms with van der Waals surface area (Å²) in [7, 11) is 0. The molecule has 2 aromatic heterocycles. The number of nitrogens with one attached hydrogen (secondary N) is 1. The van der Waals surface area contributed by atoms with Gasteiger partial charge in [0.2, 0.25) is 0 Å². The summed E-state index contributed by atoms with van der Waals surface area (Å²) in [4.78, 5) is 26.0. The van der Waals surface area contributed by atoms with Gasteiger partial charge in [-0.25, -0.2) is 13.6 Å². The molecule has 0 radical (unpaired) electrons. The molecule has 6 nitrogen and oxygen atoms in total. The Bertz CT molecular complexity index is 810. The Balaban J connectivity index is 2.70. The Kier molecular flexibility index (Phi) is 5.66. The number of nitrogens with zero attached hydrogens (tertiary/aromatic N) is 2. The molecule has 0 unspecified atom stereocenters. The number of aromatic nitrogens is 2. The highest BCUT2D eigenvalue weighted by atomic mass is 32.1. The largest absolute Gasteiger partial charge is 0.332 e. The van der Waals surface area contributed by atoms with Crippen molar-refractivity contribution < 1.29 is 8.78 Å². The van der Waals surface area contributed by atoms with Crippen LogP contribution in [-0.2, 0) is 19.6 Å². The van der Waals surface area contributed by atoms with Crippen molar-refractivity contribution in [3.63, 3.8) is 0 Å². The van der Waals surface area contributed by atoms with E-state index in [1.807, 2.05) is 0 Å². The molecule has 2 aromatic rings. The van der Waals surface area contributed by atoms with Crippen LogP contribution in [0.25, 0.3) is 10.2 Å². The van der Waals surface area contributed by atoms with Crippen molar-refractivity contribution in [3.8, 4) is 0 Å². The van der Waals surface area contributed by atoms with Gasteiger partial charge in [-0.15, -0.1) is 11.3 Å². The molecule has 0 aliphatic carbocycles. The molecular weight excluding hydrogens is 326 g/mol. The van der Waals surface area contributed by atoms with Crippen molar-refractivity contribution in [1.82, 2.24) is 14.5 Å². The summed E-state index contributed by atoms with van der Waals surface area (Å²) >= 11 is 1.20. The van der Waals surface area contributed by atoms with Crippen LogP contribution in [0.15, 0.2) is 9.59 Å². The standard InChI is InChI=1S/C14H20F2N4O2S/c1-3-19-12(21)11-8(2)9(6-18-5-4-17)23-13(11)20(14(19)22)7-10(15)16/h10,18H,3-7,17H2,1-2H3. The maximum absolute atomic E-state index is 12.9. The number of hydrogen-bond acceptors (Lipinski definition) is 5. The molecule has 128 valence electrons. The number of alkyl halides is 2. The molecule has 2 rings (SSSR count). The van der Waals surface area contributed by atoms with Crippen LogP contribution >= 0.6 is 11.3 Å². The SMILES string of the molecule is CCn1c(=O)c2c(C)c(CNCCN)sc2n(CC(F)F)c1=O. The van der Waals surface area contributed by atoms with Crippen molar-refractivity contribution in [2.45, 2.75) is 39.9 Å². The van der Waals surface area contributed by atoms with Gasteiger partial charge in [-0.1, -0.05) is 0 Å². The molecule has 9 heteroatoms. The second-order valence-corrected chi connectivity index (χ2v) is 6.21. The third kappa shape index (κ3) is 3.36. The van der Waals surface area contributed by atoms with E-state index in [9.17, 15) is 18.4 Å². The quantitative estimate of drug-likeness (QED) is 0.729.